The van der Waals surface area contributed by atoms with Crippen LogP contribution in [0, 0.1) is 6.92 Å². The van der Waals surface area contributed by atoms with Gasteiger partial charge in [-0.15, -0.1) is 0 Å². The number of hydrogen-bond donors (Lipinski definition) is 0. The molecule has 0 fully saturated rings. The average molecular weight is 268 g/mol. The van der Waals surface area contributed by atoms with E-state index in [-0.39, 0.29) is 0 Å². The Bertz CT molecular complexity index is 717. The SMILES string of the molecule is CCc1ccc(OCc2nc3c(C)ccnc3o2)cc1. The zero-order chi connectivity index (χ0) is 13.9. The largest absolute Gasteiger partial charge is 0.484 e. The van der Waals surface area contributed by atoms with E-state index in [1.54, 1.807) is 6.20 Å². The van der Waals surface area contributed by atoms with Crippen LogP contribution in [0.25, 0.3) is 11.2 Å². The Labute approximate surface area is 117 Å². The second-order valence-electron chi connectivity index (χ2n) is 4.68. The minimum atomic E-state index is 0.307. The Morgan fingerprint density at radius 1 is 1.15 bits per heavy atom. The van der Waals surface area contributed by atoms with Crippen molar-refractivity contribution in [2.75, 3.05) is 0 Å². The molecule has 0 amide bonds. The first kappa shape index (κ1) is 12.7. The van der Waals surface area contributed by atoms with Crippen LogP contribution in [0.5, 0.6) is 5.75 Å². The molecule has 0 N–H and O–H groups in total. The minimum Gasteiger partial charge on any atom is -0.484 e. The van der Waals surface area contributed by atoms with Crippen LogP contribution in [-0.4, -0.2) is 9.97 Å². The first-order valence-electron chi connectivity index (χ1n) is 6.69. The van der Waals surface area contributed by atoms with E-state index in [1.807, 2.05) is 25.1 Å². The molecule has 0 aliphatic carbocycles. The monoisotopic (exact) mass is 268 g/mol. The van der Waals surface area contributed by atoms with Gasteiger partial charge in [-0.25, -0.2) is 9.97 Å². The predicted octanol–water partition coefficient (Wildman–Crippen LogP) is 3.67. The highest BCUT2D eigenvalue weighted by Gasteiger charge is 2.09. The van der Waals surface area contributed by atoms with Gasteiger partial charge in [-0.05, 0) is 42.7 Å². The van der Waals surface area contributed by atoms with Gasteiger partial charge >= 0.3 is 0 Å². The van der Waals surface area contributed by atoms with Gasteiger partial charge in [-0.3, -0.25) is 0 Å². The van der Waals surface area contributed by atoms with E-state index in [9.17, 15) is 0 Å². The molecule has 20 heavy (non-hydrogen) atoms. The first-order chi connectivity index (χ1) is 9.76. The Morgan fingerprint density at radius 3 is 2.65 bits per heavy atom. The Balaban J connectivity index is 1.74. The smallest absolute Gasteiger partial charge is 0.247 e. The van der Waals surface area contributed by atoms with Gasteiger partial charge < -0.3 is 9.15 Å². The normalized spacial score (nSPS) is 10.9. The number of aryl methyl sites for hydroxylation is 2. The molecule has 0 bridgehead atoms. The van der Waals surface area contributed by atoms with E-state index in [0.717, 1.165) is 23.3 Å². The molecule has 0 aliphatic rings. The second-order valence-corrected chi connectivity index (χ2v) is 4.68. The summed E-state index contributed by atoms with van der Waals surface area (Å²) >= 11 is 0. The van der Waals surface area contributed by atoms with E-state index in [4.69, 9.17) is 9.15 Å². The van der Waals surface area contributed by atoms with E-state index >= 15 is 0 Å². The minimum absolute atomic E-state index is 0.307. The molecule has 4 nitrogen and oxygen atoms in total. The maximum atomic E-state index is 5.68. The van der Waals surface area contributed by atoms with Crippen LogP contribution in [0.2, 0.25) is 0 Å². The molecule has 0 saturated carbocycles. The highest BCUT2D eigenvalue weighted by Crippen LogP contribution is 2.18. The number of ether oxygens (including phenoxy) is 1. The molecule has 0 saturated heterocycles. The van der Waals surface area contributed by atoms with Crippen molar-refractivity contribution in [1.82, 2.24) is 9.97 Å². The van der Waals surface area contributed by atoms with Crippen molar-refractivity contribution >= 4 is 11.2 Å². The molecule has 0 radical (unpaired) electrons. The molecule has 0 unspecified atom stereocenters. The van der Waals surface area contributed by atoms with Crippen molar-refractivity contribution in [2.24, 2.45) is 0 Å². The lowest BCUT2D eigenvalue weighted by molar-refractivity contribution is 0.266. The topological polar surface area (TPSA) is 48.2 Å². The van der Waals surface area contributed by atoms with Crippen molar-refractivity contribution in [1.29, 1.82) is 0 Å². The van der Waals surface area contributed by atoms with Crippen molar-refractivity contribution < 1.29 is 9.15 Å². The molecule has 102 valence electrons. The van der Waals surface area contributed by atoms with Crippen LogP contribution in [0.4, 0.5) is 0 Å². The molecule has 3 aromatic rings. The van der Waals surface area contributed by atoms with Gasteiger partial charge in [0.05, 0.1) is 0 Å². The summed E-state index contributed by atoms with van der Waals surface area (Å²) in [6, 6.07) is 9.97. The Hall–Kier alpha value is -2.36. The van der Waals surface area contributed by atoms with Gasteiger partial charge in [0.15, 0.2) is 6.61 Å². The number of aromatic nitrogens is 2. The molecule has 2 aromatic heterocycles. The van der Waals surface area contributed by atoms with Gasteiger partial charge in [0.2, 0.25) is 11.6 Å². The van der Waals surface area contributed by atoms with E-state index in [1.165, 1.54) is 5.56 Å². The lowest BCUT2D eigenvalue weighted by atomic mass is 10.2. The molecule has 1 aromatic carbocycles. The lowest BCUT2D eigenvalue weighted by Gasteiger charge is -2.03. The maximum Gasteiger partial charge on any atom is 0.247 e. The average Bonchev–Trinajstić information content (AvgIpc) is 2.90. The molecule has 4 heteroatoms. The zero-order valence-corrected chi connectivity index (χ0v) is 11.6. The summed E-state index contributed by atoms with van der Waals surface area (Å²) in [6.07, 6.45) is 2.74. The van der Waals surface area contributed by atoms with E-state index in [2.05, 4.69) is 29.0 Å². The van der Waals surface area contributed by atoms with Gasteiger partial charge in [0.25, 0.3) is 0 Å². The predicted molar refractivity (Wildman–Crippen MR) is 76.7 cm³/mol. The third kappa shape index (κ3) is 2.50. The molecular weight excluding hydrogens is 252 g/mol. The van der Waals surface area contributed by atoms with Crippen molar-refractivity contribution in [3.63, 3.8) is 0 Å². The number of nitrogens with zero attached hydrogens (tertiary/aromatic N) is 2. The van der Waals surface area contributed by atoms with Crippen LogP contribution in [0.3, 0.4) is 0 Å². The second kappa shape index (κ2) is 5.33. The van der Waals surface area contributed by atoms with E-state index in [0.29, 0.717) is 18.2 Å². The van der Waals surface area contributed by atoms with Crippen LogP contribution in [0.1, 0.15) is 23.9 Å². The van der Waals surface area contributed by atoms with Crippen molar-refractivity contribution in [3.8, 4) is 5.75 Å². The van der Waals surface area contributed by atoms with Crippen molar-refractivity contribution in [2.45, 2.75) is 26.9 Å². The highest BCUT2D eigenvalue weighted by atomic mass is 16.5. The van der Waals surface area contributed by atoms with Crippen LogP contribution >= 0.6 is 0 Å². The fraction of sp³-hybridized carbons (Fsp3) is 0.250. The van der Waals surface area contributed by atoms with Gasteiger partial charge in [0, 0.05) is 6.20 Å². The summed E-state index contributed by atoms with van der Waals surface area (Å²) in [4.78, 5) is 8.56. The molecular formula is C16H16N2O2. The zero-order valence-electron chi connectivity index (χ0n) is 11.6. The summed E-state index contributed by atoms with van der Waals surface area (Å²) in [5, 5.41) is 0. The fourth-order valence-corrected chi connectivity index (χ4v) is 2.02. The summed E-state index contributed by atoms with van der Waals surface area (Å²) < 4.78 is 11.2. The Kier molecular flexibility index (Phi) is 3.37. The maximum absolute atomic E-state index is 5.68. The summed E-state index contributed by atoms with van der Waals surface area (Å²) in [5.41, 5.74) is 3.70. The van der Waals surface area contributed by atoms with Crippen LogP contribution < -0.4 is 4.74 Å². The van der Waals surface area contributed by atoms with Gasteiger partial charge in [-0.1, -0.05) is 19.1 Å². The first-order valence-corrected chi connectivity index (χ1v) is 6.69. The number of pyridine rings is 1. The number of benzene rings is 1. The molecule has 3 rings (SSSR count). The summed E-state index contributed by atoms with van der Waals surface area (Å²) in [5.74, 6) is 1.36. The van der Waals surface area contributed by atoms with Crippen molar-refractivity contribution in [3.05, 3.63) is 53.5 Å². The highest BCUT2D eigenvalue weighted by molar-refractivity contribution is 5.71. The number of oxazole rings is 1. The van der Waals surface area contributed by atoms with E-state index < -0.39 is 0 Å². The van der Waals surface area contributed by atoms with Gasteiger partial charge in [-0.2, -0.15) is 0 Å². The summed E-state index contributed by atoms with van der Waals surface area (Å²) in [7, 11) is 0. The van der Waals surface area contributed by atoms with Gasteiger partial charge in [0.1, 0.15) is 11.3 Å². The third-order valence-electron chi connectivity index (χ3n) is 3.24. The third-order valence-corrected chi connectivity index (χ3v) is 3.24. The number of hydrogen-bond acceptors (Lipinski definition) is 4. The molecule has 0 spiro atoms. The number of fused-ring (bicyclic) bond motifs is 1. The quantitative estimate of drug-likeness (QED) is 0.724. The Morgan fingerprint density at radius 2 is 1.95 bits per heavy atom. The lowest BCUT2D eigenvalue weighted by Crippen LogP contribution is -1.95. The fourth-order valence-electron chi connectivity index (χ4n) is 2.02. The van der Waals surface area contributed by atoms with Crippen LogP contribution in [-0.2, 0) is 13.0 Å². The summed E-state index contributed by atoms with van der Waals surface area (Å²) in [6.45, 7) is 4.42. The molecule has 0 atom stereocenters. The standard InChI is InChI=1S/C16H16N2O2/c1-3-12-4-6-13(7-5-12)19-10-14-18-15-11(2)8-9-17-16(15)20-14/h4-9H,3,10H2,1-2H3. The molecule has 0 aliphatic heterocycles. The number of rotatable bonds is 4. The molecule has 2 heterocycles. The van der Waals surface area contributed by atoms with Crippen LogP contribution in [0.15, 0.2) is 40.9 Å².